The molecular weight excluding hydrogens is 260 g/mol. The minimum atomic E-state index is 0.541. The molecule has 0 N–H and O–H groups in total. The molecule has 0 saturated heterocycles. The first-order valence-corrected chi connectivity index (χ1v) is 6.69. The molecule has 0 unspecified atom stereocenters. The second-order valence-electron chi connectivity index (χ2n) is 4.87. The van der Waals surface area contributed by atoms with E-state index >= 15 is 0 Å². The van der Waals surface area contributed by atoms with E-state index in [2.05, 4.69) is 29.2 Å². The Kier molecular flexibility index (Phi) is 3.40. The number of aromatic nitrogens is 2. The van der Waals surface area contributed by atoms with Crippen molar-refractivity contribution in [2.24, 2.45) is 7.05 Å². The molecule has 4 nitrogen and oxygen atoms in total. The van der Waals surface area contributed by atoms with Crippen molar-refractivity contribution >= 4 is 5.69 Å². The number of hydrogen-bond donors (Lipinski definition) is 0. The van der Waals surface area contributed by atoms with Crippen LogP contribution in [0.4, 0.5) is 5.69 Å². The average Bonchev–Trinajstić information content (AvgIpc) is 2.56. The van der Waals surface area contributed by atoms with Gasteiger partial charge < -0.3 is 0 Å². The maximum atomic E-state index is 8.84. The molecule has 0 aliphatic rings. The second kappa shape index (κ2) is 5.51. The molecule has 0 amide bonds. The van der Waals surface area contributed by atoms with Crippen molar-refractivity contribution in [2.45, 2.75) is 0 Å². The number of aryl methyl sites for hydroxylation is 1. The molecule has 0 spiro atoms. The largest absolute Gasteiger partial charge is 0.391 e. The molecule has 0 fully saturated rings. The average molecular weight is 275 g/mol. The first-order chi connectivity index (χ1) is 10.3. The van der Waals surface area contributed by atoms with Crippen molar-refractivity contribution < 1.29 is 9.13 Å². The maximum Gasteiger partial charge on any atom is 0.391 e. The van der Waals surface area contributed by atoms with Crippen LogP contribution in [0.1, 0.15) is 0 Å². The van der Waals surface area contributed by atoms with Crippen molar-refractivity contribution in [3.63, 3.8) is 0 Å². The molecule has 1 aromatic carbocycles. The third-order valence-electron chi connectivity index (χ3n) is 3.38. The van der Waals surface area contributed by atoms with Crippen LogP contribution in [0.25, 0.3) is 21.8 Å². The summed E-state index contributed by atoms with van der Waals surface area (Å²) < 4.78 is 4.00. The molecule has 0 aliphatic heterocycles. The van der Waals surface area contributed by atoms with Crippen molar-refractivity contribution in [3.05, 3.63) is 78.3 Å². The first-order valence-electron chi connectivity index (χ1n) is 6.69. The highest BCUT2D eigenvalue weighted by molar-refractivity contribution is 5.61. The Bertz CT molecular complexity index is 799. The second-order valence-corrected chi connectivity index (χ2v) is 4.87. The lowest BCUT2D eigenvalue weighted by Crippen LogP contribution is -2.29. The zero-order valence-electron chi connectivity index (χ0n) is 11.7. The van der Waals surface area contributed by atoms with Gasteiger partial charge in [0.05, 0.1) is 0 Å². The third kappa shape index (κ3) is 2.77. The van der Waals surface area contributed by atoms with E-state index < -0.39 is 0 Å². The summed E-state index contributed by atoms with van der Waals surface area (Å²) in [7, 11) is 2.00. The summed E-state index contributed by atoms with van der Waals surface area (Å²) >= 11 is 0. The summed E-state index contributed by atoms with van der Waals surface area (Å²) in [6, 6.07) is 15.7. The van der Waals surface area contributed by atoms with Gasteiger partial charge in [-0.25, -0.2) is 4.57 Å². The van der Waals surface area contributed by atoms with E-state index in [1.54, 1.807) is 6.07 Å². The van der Waals surface area contributed by atoms with Gasteiger partial charge in [-0.2, -0.15) is 4.57 Å². The minimum absolute atomic E-state index is 0.541. The Morgan fingerprint density at radius 1 is 0.857 bits per heavy atom. The van der Waals surface area contributed by atoms with E-state index in [1.165, 1.54) is 5.56 Å². The van der Waals surface area contributed by atoms with E-state index in [1.807, 2.05) is 59.2 Å². The fourth-order valence-electron chi connectivity index (χ4n) is 2.20. The van der Waals surface area contributed by atoms with Crippen LogP contribution >= 0.6 is 0 Å². The maximum absolute atomic E-state index is 8.84. The minimum Gasteiger partial charge on any atom is -0.208 e. The normalized spacial score (nSPS) is 10.1. The fraction of sp³-hybridized carbons (Fsp3) is 0.0588. The zero-order valence-corrected chi connectivity index (χ0v) is 11.7. The van der Waals surface area contributed by atoms with Gasteiger partial charge in [0.1, 0.15) is 13.1 Å². The summed E-state index contributed by atoms with van der Waals surface area (Å²) in [5, 5.41) is 8.84. The van der Waals surface area contributed by atoms with E-state index in [4.69, 9.17) is 5.39 Å². The van der Waals surface area contributed by atoms with Crippen LogP contribution in [-0.4, -0.2) is 0 Å². The van der Waals surface area contributed by atoms with Gasteiger partial charge in [-0.1, -0.05) is 0 Å². The molecule has 4 heteroatoms. The number of pyridine rings is 2. The SMILES string of the molecule is C[n+]1ccc(-c2cc[n+](-c3cccc([N+]#N)c3)cc2)cc1. The number of hydrogen-bond acceptors (Lipinski definition) is 1. The molecule has 0 saturated carbocycles. The third-order valence-corrected chi connectivity index (χ3v) is 3.38. The molecule has 0 radical (unpaired) electrons. The van der Waals surface area contributed by atoms with Gasteiger partial charge >= 0.3 is 5.69 Å². The van der Waals surface area contributed by atoms with Gasteiger partial charge in [0.15, 0.2) is 29.8 Å². The number of rotatable bonds is 2. The summed E-state index contributed by atoms with van der Waals surface area (Å²) in [6.45, 7) is 0. The molecule has 2 aromatic heterocycles. The summed E-state index contributed by atoms with van der Waals surface area (Å²) in [4.78, 5) is 3.21. The van der Waals surface area contributed by atoms with E-state index in [-0.39, 0.29) is 0 Å². The van der Waals surface area contributed by atoms with Crippen LogP contribution in [0.5, 0.6) is 0 Å². The Morgan fingerprint density at radius 3 is 2.10 bits per heavy atom. The Balaban J connectivity index is 1.93. The van der Waals surface area contributed by atoms with Gasteiger partial charge in [-0.05, 0) is 17.2 Å². The summed E-state index contributed by atoms with van der Waals surface area (Å²) in [5.41, 5.74) is 3.84. The molecule has 2 heterocycles. The molecule has 3 aromatic rings. The highest BCUT2D eigenvalue weighted by Gasteiger charge is 2.12. The smallest absolute Gasteiger partial charge is 0.208 e. The Morgan fingerprint density at radius 2 is 1.48 bits per heavy atom. The van der Waals surface area contributed by atoms with E-state index in [0.717, 1.165) is 11.3 Å². The molecule has 0 aliphatic carbocycles. The summed E-state index contributed by atoms with van der Waals surface area (Å²) in [5.74, 6) is 0. The van der Waals surface area contributed by atoms with Crippen LogP contribution in [-0.2, 0) is 7.05 Å². The van der Waals surface area contributed by atoms with Crippen LogP contribution in [0.2, 0.25) is 0 Å². The first kappa shape index (κ1) is 12.9. The predicted octanol–water partition coefficient (Wildman–Crippen LogP) is 2.94. The Hall–Kier alpha value is -3.06. The predicted molar refractivity (Wildman–Crippen MR) is 79.3 cm³/mol. The quantitative estimate of drug-likeness (QED) is 0.523. The lowest BCUT2D eigenvalue weighted by Gasteiger charge is -1.99. The molecular formula is C17H15N4+3. The lowest BCUT2D eigenvalue weighted by atomic mass is 10.1. The zero-order chi connectivity index (χ0) is 14.7. The van der Waals surface area contributed by atoms with Crippen LogP contribution in [0.3, 0.4) is 0 Å². The van der Waals surface area contributed by atoms with Crippen LogP contribution in [0.15, 0.2) is 73.3 Å². The van der Waals surface area contributed by atoms with Gasteiger partial charge in [0, 0.05) is 36.4 Å². The van der Waals surface area contributed by atoms with Gasteiger partial charge in [-0.15, -0.1) is 0 Å². The van der Waals surface area contributed by atoms with Crippen LogP contribution < -0.4 is 9.13 Å². The topological polar surface area (TPSA) is 35.9 Å². The number of nitrogens with zero attached hydrogens (tertiary/aromatic N) is 4. The number of diazo groups is 1. The van der Waals surface area contributed by atoms with Crippen molar-refractivity contribution in [1.82, 2.24) is 0 Å². The van der Waals surface area contributed by atoms with E-state index in [9.17, 15) is 0 Å². The Labute approximate surface area is 123 Å². The van der Waals surface area contributed by atoms with E-state index in [0.29, 0.717) is 5.69 Å². The highest BCUT2D eigenvalue weighted by atomic mass is 14.9. The van der Waals surface area contributed by atoms with Crippen LogP contribution in [0, 0.1) is 5.39 Å². The standard InChI is InChI=1S/C17H15N4/c1-20-9-5-14(6-10-20)15-7-11-21(12-8-15)17-4-2-3-16(13-17)19-18/h2-13H,1H3/q+3. The molecule has 0 bridgehead atoms. The van der Waals surface area contributed by atoms with Crippen molar-refractivity contribution in [2.75, 3.05) is 0 Å². The van der Waals surface area contributed by atoms with Crippen molar-refractivity contribution in [1.29, 1.82) is 5.39 Å². The van der Waals surface area contributed by atoms with Gasteiger partial charge in [-0.3, -0.25) is 0 Å². The summed E-state index contributed by atoms with van der Waals surface area (Å²) in [6.07, 6.45) is 8.06. The molecule has 0 atom stereocenters. The van der Waals surface area contributed by atoms with Gasteiger partial charge in [0.25, 0.3) is 0 Å². The number of benzene rings is 1. The fourth-order valence-corrected chi connectivity index (χ4v) is 2.20. The molecule has 21 heavy (non-hydrogen) atoms. The van der Waals surface area contributed by atoms with Gasteiger partial charge in [0.2, 0.25) is 11.1 Å². The molecule has 100 valence electrons. The van der Waals surface area contributed by atoms with Crippen molar-refractivity contribution in [3.8, 4) is 16.8 Å². The monoisotopic (exact) mass is 275 g/mol. The highest BCUT2D eigenvalue weighted by Crippen LogP contribution is 2.17. The lowest BCUT2D eigenvalue weighted by molar-refractivity contribution is -0.671. The molecule has 3 rings (SSSR count).